The quantitative estimate of drug-likeness (QED) is 0.749. The summed E-state index contributed by atoms with van der Waals surface area (Å²) in [7, 11) is 3.13. The van der Waals surface area contributed by atoms with Crippen LogP contribution in [-0.2, 0) is 16.1 Å². The van der Waals surface area contributed by atoms with E-state index in [1.165, 1.54) is 16.7 Å². The van der Waals surface area contributed by atoms with Gasteiger partial charge < -0.3 is 14.8 Å². The Bertz CT molecular complexity index is 1100. The van der Waals surface area contributed by atoms with Gasteiger partial charge in [0.1, 0.15) is 11.9 Å². The molecule has 4 rings (SSSR count). The number of nitrogens with one attached hydrogen (secondary N) is 1. The maximum absolute atomic E-state index is 12.6. The molecule has 0 spiro atoms. The summed E-state index contributed by atoms with van der Waals surface area (Å²) in [5.74, 6) is 1.56. The molecule has 0 saturated carbocycles. The average Bonchev–Trinajstić information content (AvgIpc) is 3.10. The van der Waals surface area contributed by atoms with E-state index in [0.717, 1.165) is 16.8 Å². The fraction of sp³-hybridized carbons (Fsp3) is 0.273. The molecule has 31 heavy (non-hydrogen) atoms. The first-order valence-electron chi connectivity index (χ1n) is 9.72. The summed E-state index contributed by atoms with van der Waals surface area (Å²) in [4.78, 5) is 35.7. The second kappa shape index (κ2) is 8.81. The zero-order valence-electron chi connectivity index (χ0n) is 17.4. The number of methoxy groups -OCH3 is 2. The minimum absolute atomic E-state index is 0.110. The van der Waals surface area contributed by atoms with Crippen LogP contribution in [0.2, 0.25) is 0 Å². The Labute approximate surface area is 184 Å². The number of para-hydroxylation sites is 2. The molecule has 0 bridgehead atoms. The standard InChI is InChI=1S/C22H22N4O4S/c1-13-21(28)26-20(24-13)15-8-4-5-9-16(15)25-22(26)31-12-18(27)23-11-14-7-6-10-17(29-2)19(14)30-3/h4-10,13H,11-12H2,1-3H3,(H,23,27)/t13-/m1/s1. The van der Waals surface area contributed by atoms with Crippen molar-refractivity contribution in [3.63, 3.8) is 0 Å². The summed E-state index contributed by atoms with van der Waals surface area (Å²) >= 11 is 1.21. The minimum atomic E-state index is -0.471. The van der Waals surface area contributed by atoms with Crippen LogP contribution >= 0.6 is 11.8 Å². The van der Waals surface area contributed by atoms with E-state index in [1.807, 2.05) is 36.4 Å². The minimum Gasteiger partial charge on any atom is -0.493 e. The van der Waals surface area contributed by atoms with Gasteiger partial charge in [-0.3, -0.25) is 14.6 Å². The smallest absolute Gasteiger partial charge is 0.258 e. The van der Waals surface area contributed by atoms with Crippen LogP contribution in [0.4, 0.5) is 5.69 Å². The molecule has 0 radical (unpaired) electrons. The molecule has 2 heterocycles. The number of benzene rings is 2. The maximum Gasteiger partial charge on any atom is 0.258 e. The number of hydrogen-bond acceptors (Lipinski definition) is 7. The fourth-order valence-corrected chi connectivity index (χ4v) is 4.27. The third kappa shape index (κ3) is 4.00. The van der Waals surface area contributed by atoms with E-state index in [2.05, 4.69) is 15.3 Å². The highest BCUT2D eigenvalue weighted by molar-refractivity contribution is 8.14. The topological polar surface area (TPSA) is 92.6 Å². The van der Waals surface area contributed by atoms with Crippen LogP contribution in [-0.4, -0.2) is 53.7 Å². The van der Waals surface area contributed by atoms with Crippen LogP contribution in [0, 0.1) is 0 Å². The van der Waals surface area contributed by atoms with E-state index >= 15 is 0 Å². The second-order valence-corrected chi connectivity index (χ2v) is 7.87. The number of amides is 2. The van der Waals surface area contributed by atoms with E-state index in [4.69, 9.17) is 9.47 Å². The van der Waals surface area contributed by atoms with Gasteiger partial charge in [-0.15, -0.1) is 0 Å². The van der Waals surface area contributed by atoms with Crippen molar-refractivity contribution in [3.05, 3.63) is 53.6 Å². The summed E-state index contributed by atoms with van der Waals surface area (Å²) in [6.45, 7) is 2.05. The van der Waals surface area contributed by atoms with Crippen LogP contribution in [0.5, 0.6) is 11.5 Å². The monoisotopic (exact) mass is 438 g/mol. The van der Waals surface area contributed by atoms with Gasteiger partial charge in [0.15, 0.2) is 16.7 Å². The van der Waals surface area contributed by atoms with Gasteiger partial charge in [-0.1, -0.05) is 36.0 Å². The molecule has 2 amide bonds. The van der Waals surface area contributed by atoms with Crippen molar-refractivity contribution >= 4 is 40.3 Å². The largest absolute Gasteiger partial charge is 0.493 e. The second-order valence-electron chi connectivity index (χ2n) is 6.93. The van der Waals surface area contributed by atoms with Crippen LogP contribution < -0.4 is 14.8 Å². The lowest BCUT2D eigenvalue weighted by atomic mass is 10.1. The molecule has 2 aromatic rings. The number of amidine groups is 2. The number of aliphatic imine (C=N–C) groups is 2. The highest BCUT2D eigenvalue weighted by Gasteiger charge is 2.39. The van der Waals surface area contributed by atoms with Gasteiger partial charge in [0, 0.05) is 17.7 Å². The molecule has 1 N–H and O–H groups in total. The van der Waals surface area contributed by atoms with Crippen molar-refractivity contribution < 1.29 is 19.1 Å². The first-order chi connectivity index (χ1) is 15.0. The Morgan fingerprint density at radius 1 is 1.16 bits per heavy atom. The molecule has 2 aromatic carbocycles. The molecule has 2 aliphatic rings. The molecule has 0 saturated heterocycles. The van der Waals surface area contributed by atoms with Gasteiger partial charge in [0.05, 0.1) is 25.7 Å². The van der Waals surface area contributed by atoms with Crippen molar-refractivity contribution in [2.24, 2.45) is 9.98 Å². The number of hydrogen-bond donors (Lipinski definition) is 1. The number of rotatable bonds is 6. The summed E-state index contributed by atoms with van der Waals surface area (Å²) in [5, 5.41) is 3.34. The van der Waals surface area contributed by atoms with Gasteiger partial charge >= 0.3 is 0 Å². The lowest BCUT2D eigenvalue weighted by Crippen LogP contribution is -2.41. The van der Waals surface area contributed by atoms with Crippen LogP contribution in [0.25, 0.3) is 0 Å². The number of nitrogens with zero attached hydrogens (tertiary/aromatic N) is 3. The van der Waals surface area contributed by atoms with Gasteiger partial charge in [-0.05, 0) is 25.1 Å². The molecule has 1 atom stereocenters. The Morgan fingerprint density at radius 3 is 2.74 bits per heavy atom. The molecule has 2 aliphatic heterocycles. The third-order valence-corrected chi connectivity index (χ3v) is 5.89. The zero-order valence-corrected chi connectivity index (χ0v) is 18.2. The number of fused-ring (bicyclic) bond motifs is 3. The highest BCUT2D eigenvalue weighted by atomic mass is 32.2. The normalized spacial score (nSPS) is 16.8. The lowest BCUT2D eigenvalue weighted by Gasteiger charge is -2.25. The molecular formula is C22H22N4O4S. The summed E-state index contributed by atoms with van der Waals surface area (Å²) in [6, 6.07) is 12.6. The van der Waals surface area contributed by atoms with Crippen LogP contribution in [0.15, 0.2) is 52.4 Å². The maximum atomic E-state index is 12.6. The van der Waals surface area contributed by atoms with Gasteiger partial charge in [0.25, 0.3) is 5.91 Å². The van der Waals surface area contributed by atoms with Crippen molar-refractivity contribution in [1.29, 1.82) is 0 Å². The van der Waals surface area contributed by atoms with E-state index < -0.39 is 6.04 Å². The summed E-state index contributed by atoms with van der Waals surface area (Å²) in [5.41, 5.74) is 2.37. The molecule has 160 valence electrons. The molecule has 0 unspecified atom stereocenters. The van der Waals surface area contributed by atoms with E-state index in [0.29, 0.717) is 29.0 Å². The van der Waals surface area contributed by atoms with Gasteiger partial charge in [-0.25, -0.2) is 9.89 Å². The Hall–Kier alpha value is -3.33. The number of thioether (sulfide) groups is 1. The van der Waals surface area contributed by atoms with Crippen LogP contribution in [0.1, 0.15) is 18.1 Å². The molecular weight excluding hydrogens is 416 g/mol. The van der Waals surface area contributed by atoms with Crippen molar-refractivity contribution in [3.8, 4) is 11.5 Å². The molecule has 0 aliphatic carbocycles. The first-order valence-corrected chi connectivity index (χ1v) is 10.7. The van der Waals surface area contributed by atoms with Crippen molar-refractivity contribution in [2.75, 3.05) is 20.0 Å². The summed E-state index contributed by atoms with van der Waals surface area (Å²) in [6.07, 6.45) is 0. The van der Waals surface area contributed by atoms with Gasteiger partial charge in [0.2, 0.25) is 5.91 Å². The third-order valence-electron chi connectivity index (χ3n) is 4.95. The number of carbonyl (C=O) groups excluding carboxylic acids is 2. The number of carbonyl (C=O) groups is 2. The Balaban J connectivity index is 1.45. The molecule has 0 fully saturated rings. The Kier molecular flexibility index (Phi) is 5.94. The Morgan fingerprint density at radius 2 is 1.97 bits per heavy atom. The molecule has 8 nitrogen and oxygen atoms in total. The van der Waals surface area contributed by atoms with Crippen molar-refractivity contribution in [2.45, 2.75) is 19.5 Å². The van der Waals surface area contributed by atoms with Crippen LogP contribution in [0.3, 0.4) is 0 Å². The fourth-order valence-electron chi connectivity index (χ4n) is 3.44. The predicted molar refractivity (Wildman–Crippen MR) is 120 cm³/mol. The highest BCUT2D eigenvalue weighted by Crippen LogP contribution is 2.33. The van der Waals surface area contributed by atoms with E-state index in [1.54, 1.807) is 27.2 Å². The summed E-state index contributed by atoms with van der Waals surface area (Å²) < 4.78 is 10.7. The van der Waals surface area contributed by atoms with E-state index in [-0.39, 0.29) is 17.6 Å². The number of ether oxygens (including phenoxy) is 2. The van der Waals surface area contributed by atoms with Crippen molar-refractivity contribution in [1.82, 2.24) is 10.2 Å². The van der Waals surface area contributed by atoms with Gasteiger partial charge in [-0.2, -0.15) is 0 Å². The first kappa shape index (κ1) is 20.9. The molecule has 9 heteroatoms. The lowest BCUT2D eigenvalue weighted by molar-refractivity contribution is -0.124. The average molecular weight is 439 g/mol. The molecule has 0 aromatic heterocycles. The zero-order chi connectivity index (χ0) is 22.0. The predicted octanol–water partition coefficient (Wildman–Crippen LogP) is 2.73. The SMILES string of the molecule is COc1cccc(CNC(=O)CSC2=Nc3ccccc3C3=N[C@H](C)C(=O)N23)c1OC. The van der Waals surface area contributed by atoms with E-state index in [9.17, 15) is 9.59 Å².